The molecule has 0 amide bonds. The molecule has 0 atom stereocenters. The summed E-state index contributed by atoms with van der Waals surface area (Å²) in [5.74, 6) is 1.40. The third-order valence-corrected chi connectivity index (χ3v) is 4.50. The number of hydrogen-bond acceptors (Lipinski definition) is 2. The average Bonchev–Trinajstić information content (AvgIpc) is 3.09. The first-order chi connectivity index (χ1) is 11.8. The van der Waals surface area contributed by atoms with Gasteiger partial charge in [0.1, 0.15) is 5.69 Å². The predicted octanol–water partition coefficient (Wildman–Crippen LogP) is 6.44. The molecule has 3 aromatic carbocycles. The first kappa shape index (κ1) is 14.9. The lowest BCUT2D eigenvalue weighted by molar-refractivity contribution is 0.589. The Morgan fingerprint density at radius 3 is 1.92 bits per heavy atom. The summed E-state index contributed by atoms with van der Waals surface area (Å²) in [6.45, 7) is 0. The molecule has 0 fully saturated rings. The highest BCUT2D eigenvalue weighted by atomic mass is 79.9. The Morgan fingerprint density at radius 2 is 1.25 bits per heavy atom. The third kappa shape index (κ3) is 2.79. The van der Waals surface area contributed by atoms with Crippen molar-refractivity contribution in [3.63, 3.8) is 0 Å². The van der Waals surface area contributed by atoms with E-state index in [9.17, 15) is 0 Å². The van der Waals surface area contributed by atoms with Gasteiger partial charge in [-0.2, -0.15) is 0 Å². The maximum Gasteiger partial charge on any atom is 0.227 e. The van der Waals surface area contributed by atoms with Gasteiger partial charge in [-0.1, -0.05) is 82.7 Å². The lowest BCUT2D eigenvalue weighted by atomic mass is 10.1. The smallest absolute Gasteiger partial charge is 0.227 e. The zero-order chi connectivity index (χ0) is 16.4. The lowest BCUT2D eigenvalue weighted by Crippen LogP contribution is -1.84. The van der Waals surface area contributed by atoms with Crippen LogP contribution in [-0.2, 0) is 0 Å². The van der Waals surface area contributed by atoms with Crippen LogP contribution in [-0.4, -0.2) is 4.98 Å². The zero-order valence-corrected chi connectivity index (χ0v) is 14.4. The first-order valence-electron chi connectivity index (χ1n) is 7.69. The van der Waals surface area contributed by atoms with Crippen LogP contribution in [0, 0.1) is 0 Å². The summed E-state index contributed by atoms with van der Waals surface area (Å²) in [6.07, 6.45) is 0. The molecular weight excluding hydrogens is 362 g/mol. The summed E-state index contributed by atoms with van der Waals surface area (Å²) in [4.78, 5) is 4.79. The van der Waals surface area contributed by atoms with E-state index < -0.39 is 0 Å². The van der Waals surface area contributed by atoms with E-state index in [1.165, 1.54) is 0 Å². The summed E-state index contributed by atoms with van der Waals surface area (Å²) in [7, 11) is 0. The van der Waals surface area contributed by atoms with Gasteiger partial charge in [0, 0.05) is 21.2 Å². The maximum absolute atomic E-state index is 6.16. The minimum absolute atomic E-state index is 0.625. The quantitative estimate of drug-likeness (QED) is 0.411. The van der Waals surface area contributed by atoms with E-state index in [1.807, 2.05) is 84.9 Å². The molecule has 4 rings (SSSR count). The Morgan fingerprint density at radius 1 is 0.667 bits per heavy atom. The molecule has 1 heterocycles. The molecule has 2 nitrogen and oxygen atoms in total. The molecule has 4 aromatic rings. The van der Waals surface area contributed by atoms with Gasteiger partial charge in [0.05, 0.1) is 0 Å². The fraction of sp³-hybridized carbons (Fsp3) is 0. The van der Waals surface area contributed by atoms with Gasteiger partial charge < -0.3 is 4.42 Å². The molecule has 24 heavy (non-hydrogen) atoms. The van der Waals surface area contributed by atoms with E-state index in [2.05, 4.69) is 15.9 Å². The molecule has 3 heteroatoms. The highest BCUT2D eigenvalue weighted by Gasteiger charge is 2.19. The number of oxazole rings is 1. The van der Waals surface area contributed by atoms with Crippen LogP contribution in [0.2, 0.25) is 0 Å². The molecule has 0 radical (unpaired) electrons. The van der Waals surface area contributed by atoms with E-state index in [-0.39, 0.29) is 0 Å². The predicted molar refractivity (Wildman–Crippen MR) is 101 cm³/mol. The van der Waals surface area contributed by atoms with Crippen molar-refractivity contribution in [2.24, 2.45) is 0 Å². The van der Waals surface area contributed by atoms with Gasteiger partial charge in [-0.15, -0.1) is 0 Å². The molecule has 0 N–H and O–H groups in total. The van der Waals surface area contributed by atoms with Crippen LogP contribution in [0.15, 0.2) is 93.8 Å². The van der Waals surface area contributed by atoms with Crippen LogP contribution in [0.5, 0.6) is 0 Å². The van der Waals surface area contributed by atoms with Crippen LogP contribution < -0.4 is 0 Å². The molecule has 0 aliphatic carbocycles. The van der Waals surface area contributed by atoms with Crippen LogP contribution in [0.1, 0.15) is 0 Å². The average molecular weight is 376 g/mol. The van der Waals surface area contributed by atoms with E-state index in [4.69, 9.17) is 9.40 Å². The summed E-state index contributed by atoms with van der Waals surface area (Å²) in [6, 6.07) is 28.1. The number of nitrogens with zero attached hydrogens (tertiary/aromatic N) is 1. The molecular formula is C21H14BrNO. The van der Waals surface area contributed by atoms with Crippen molar-refractivity contribution in [1.29, 1.82) is 0 Å². The first-order valence-corrected chi connectivity index (χ1v) is 8.49. The molecule has 116 valence electrons. The topological polar surface area (TPSA) is 26.0 Å². The Balaban J connectivity index is 1.94. The molecule has 0 spiro atoms. The lowest BCUT2D eigenvalue weighted by Gasteiger charge is -2.03. The maximum atomic E-state index is 6.16. The van der Waals surface area contributed by atoms with Crippen molar-refractivity contribution in [3.8, 4) is 34.0 Å². The Bertz CT molecular complexity index is 962. The van der Waals surface area contributed by atoms with Gasteiger partial charge in [0.25, 0.3) is 0 Å². The van der Waals surface area contributed by atoms with Crippen molar-refractivity contribution in [2.45, 2.75) is 0 Å². The molecule has 0 aliphatic rings. The number of halogens is 1. The second-order valence-electron chi connectivity index (χ2n) is 5.41. The number of rotatable bonds is 3. The third-order valence-electron chi connectivity index (χ3n) is 3.81. The number of hydrogen-bond donors (Lipinski definition) is 0. The SMILES string of the molecule is Brc1ccccc1-c1nc(-c2ccccc2)oc1-c1ccccc1. The van der Waals surface area contributed by atoms with Gasteiger partial charge in [-0.05, 0) is 18.2 Å². The van der Waals surface area contributed by atoms with Gasteiger partial charge >= 0.3 is 0 Å². The van der Waals surface area contributed by atoms with E-state index >= 15 is 0 Å². The van der Waals surface area contributed by atoms with Crippen molar-refractivity contribution < 1.29 is 4.42 Å². The second kappa shape index (κ2) is 6.46. The molecule has 0 saturated carbocycles. The largest absolute Gasteiger partial charge is 0.435 e. The molecule has 0 bridgehead atoms. The summed E-state index contributed by atoms with van der Waals surface area (Å²) in [5, 5.41) is 0. The van der Waals surface area contributed by atoms with Crippen molar-refractivity contribution in [3.05, 3.63) is 89.4 Å². The Labute approximate surface area is 148 Å². The highest BCUT2D eigenvalue weighted by molar-refractivity contribution is 9.10. The minimum atomic E-state index is 0.625. The van der Waals surface area contributed by atoms with Crippen LogP contribution in [0.25, 0.3) is 34.0 Å². The number of benzene rings is 3. The van der Waals surface area contributed by atoms with Crippen LogP contribution in [0.3, 0.4) is 0 Å². The summed E-state index contributed by atoms with van der Waals surface area (Å²) < 4.78 is 7.16. The van der Waals surface area contributed by atoms with E-state index in [0.717, 1.165) is 32.6 Å². The standard InChI is InChI=1S/C21H14BrNO/c22-18-14-8-7-13-17(18)19-20(15-9-3-1-4-10-15)24-21(23-19)16-11-5-2-6-12-16/h1-14H. The van der Waals surface area contributed by atoms with E-state index in [0.29, 0.717) is 5.89 Å². The summed E-state index contributed by atoms with van der Waals surface area (Å²) in [5.41, 5.74) is 3.83. The Kier molecular flexibility index (Phi) is 4.01. The van der Waals surface area contributed by atoms with Gasteiger partial charge in [0.15, 0.2) is 5.76 Å². The fourth-order valence-corrected chi connectivity index (χ4v) is 3.12. The van der Waals surface area contributed by atoms with Crippen LogP contribution in [0.4, 0.5) is 0 Å². The zero-order valence-electron chi connectivity index (χ0n) is 12.8. The molecule has 1 aromatic heterocycles. The van der Waals surface area contributed by atoms with Crippen molar-refractivity contribution in [2.75, 3.05) is 0 Å². The van der Waals surface area contributed by atoms with Crippen molar-refractivity contribution in [1.82, 2.24) is 4.98 Å². The molecule has 0 unspecified atom stereocenters. The highest BCUT2D eigenvalue weighted by Crippen LogP contribution is 2.38. The van der Waals surface area contributed by atoms with Gasteiger partial charge in [-0.3, -0.25) is 0 Å². The van der Waals surface area contributed by atoms with Crippen molar-refractivity contribution >= 4 is 15.9 Å². The molecule has 0 aliphatic heterocycles. The fourth-order valence-electron chi connectivity index (χ4n) is 2.65. The summed E-state index contributed by atoms with van der Waals surface area (Å²) >= 11 is 3.62. The minimum Gasteiger partial charge on any atom is -0.435 e. The monoisotopic (exact) mass is 375 g/mol. The van der Waals surface area contributed by atoms with Crippen LogP contribution >= 0.6 is 15.9 Å². The number of aromatic nitrogens is 1. The van der Waals surface area contributed by atoms with Gasteiger partial charge in [0.2, 0.25) is 5.89 Å². The Hall–Kier alpha value is -2.65. The second-order valence-corrected chi connectivity index (χ2v) is 6.26. The normalized spacial score (nSPS) is 10.7. The molecule has 0 saturated heterocycles. The van der Waals surface area contributed by atoms with Gasteiger partial charge in [-0.25, -0.2) is 4.98 Å². The van der Waals surface area contributed by atoms with E-state index in [1.54, 1.807) is 0 Å².